The summed E-state index contributed by atoms with van der Waals surface area (Å²) < 4.78 is 5.09. The molecule has 72 valence electrons. The van der Waals surface area contributed by atoms with E-state index in [1.165, 1.54) is 38.6 Å². The van der Waals surface area contributed by atoms with Gasteiger partial charge in [-0.3, -0.25) is 0 Å². The molecule has 0 radical (unpaired) electrons. The lowest BCUT2D eigenvalue weighted by Crippen LogP contribution is -2.20. The number of nitrogens with one attached hydrogen (secondary N) is 1. The average Bonchev–Trinajstić information content (AvgIpc) is 2.87. The van der Waals surface area contributed by atoms with Gasteiger partial charge in [0.05, 0.1) is 12.7 Å². The van der Waals surface area contributed by atoms with Gasteiger partial charge in [-0.1, -0.05) is 32.6 Å². The van der Waals surface area contributed by atoms with E-state index in [0.717, 1.165) is 13.2 Å². The predicted octanol–water partition coefficient (Wildman–Crippen LogP) is 1.95. The maximum Gasteiger partial charge on any atom is 0.0933 e. The summed E-state index contributed by atoms with van der Waals surface area (Å²) >= 11 is 0. The van der Waals surface area contributed by atoms with Gasteiger partial charge in [-0.05, 0) is 13.0 Å². The third-order valence-corrected chi connectivity index (χ3v) is 2.23. The molecule has 0 aromatic rings. The van der Waals surface area contributed by atoms with Crippen molar-refractivity contribution in [3.63, 3.8) is 0 Å². The Kier molecular flexibility index (Phi) is 5.37. The van der Waals surface area contributed by atoms with Crippen molar-refractivity contribution >= 4 is 0 Å². The first kappa shape index (κ1) is 10.0. The Labute approximate surface area is 75.7 Å². The quantitative estimate of drug-likeness (QED) is 0.446. The molecule has 1 heterocycles. The van der Waals surface area contributed by atoms with Crippen LogP contribution in [0.3, 0.4) is 0 Å². The molecule has 1 saturated heterocycles. The minimum atomic E-state index is 0.542. The zero-order chi connectivity index (χ0) is 8.65. The number of epoxide rings is 1. The van der Waals surface area contributed by atoms with Crippen molar-refractivity contribution in [2.45, 2.75) is 45.1 Å². The highest BCUT2D eigenvalue weighted by atomic mass is 16.6. The molecule has 0 saturated carbocycles. The zero-order valence-corrected chi connectivity index (χ0v) is 8.14. The van der Waals surface area contributed by atoms with Crippen LogP contribution >= 0.6 is 0 Å². The van der Waals surface area contributed by atoms with Gasteiger partial charge in [-0.25, -0.2) is 0 Å². The van der Waals surface area contributed by atoms with Crippen LogP contribution in [0.25, 0.3) is 0 Å². The van der Waals surface area contributed by atoms with Gasteiger partial charge in [0.2, 0.25) is 0 Å². The molecule has 0 aromatic carbocycles. The second-order valence-corrected chi connectivity index (χ2v) is 3.57. The third-order valence-electron chi connectivity index (χ3n) is 2.23. The summed E-state index contributed by atoms with van der Waals surface area (Å²) in [5.41, 5.74) is 0. The van der Waals surface area contributed by atoms with E-state index in [0.29, 0.717) is 6.10 Å². The maximum absolute atomic E-state index is 5.09. The molecule has 0 aliphatic carbocycles. The van der Waals surface area contributed by atoms with Crippen LogP contribution in [0.2, 0.25) is 0 Å². The molecule has 1 atom stereocenters. The predicted molar refractivity (Wildman–Crippen MR) is 51.4 cm³/mol. The monoisotopic (exact) mass is 171 g/mol. The maximum atomic E-state index is 5.09. The van der Waals surface area contributed by atoms with E-state index < -0.39 is 0 Å². The molecule has 12 heavy (non-hydrogen) atoms. The Morgan fingerprint density at radius 3 is 2.67 bits per heavy atom. The minimum Gasteiger partial charge on any atom is -0.372 e. The van der Waals surface area contributed by atoms with Crippen molar-refractivity contribution in [1.82, 2.24) is 5.32 Å². The Balaban J connectivity index is 1.65. The Morgan fingerprint density at radius 1 is 1.25 bits per heavy atom. The minimum absolute atomic E-state index is 0.542. The second-order valence-electron chi connectivity index (χ2n) is 3.57. The molecule has 1 aliphatic heterocycles. The lowest BCUT2D eigenvalue weighted by atomic mass is 10.1. The van der Waals surface area contributed by atoms with Crippen LogP contribution < -0.4 is 5.32 Å². The van der Waals surface area contributed by atoms with Crippen molar-refractivity contribution in [3.05, 3.63) is 0 Å². The summed E-state index contributed by atoms with van der Waals surface area (Å²) in [4.78, 5) is 0. The van der Waals surface area contributed by atoms with Gasteiger partial charge in [0.1, 0.15) is 0 Å². The van der Waals surface area contributed by atoms with E-state index in [2.05, 4.69) is 12.2 Å². The molecule has 0 amide bonds. The standard InChI is InChI=1S/C10H21NO/c1-2-3-4-5-6-7-11-8-10-9-12-10/h10-11H,2-9H2,1H3. The molecule has 2 nitrogen and oxygen atoms in total. The largest absolute Gasteiger partial charge is 0.372 e. The van der Waals surface area contributed by atoms with Crippen LogP contribution in [0.4, 0.5) is 0 Å². The average molecular weight is 171 g/mol. The fourth-order valence-electron chi connectivity index (χ4n) is 1.30. The normalized spacial score (nSPS) is 21.2. The van der Waals surface area contributed by atoms with Gasteiger partial charge in [-0.15, -0.1) is 0 Å². The summed E-state index contributed by atoms with van der Waals surface area (Å²) in [5.74, 6) is 0. The smallest absolute Gasteiger partial charge is 0.0933 e. The molecule has 1 fully saturated rings. The highest BCUT2D eigenvalue weighted by Crippen LogP contribution is 2.06. The first-order valence-corrected chi connectivity index (χ1v) is 5.26. The number of hydrogen-bond donors (Lipinski definition) is 1. The van der Waals surface area contributed by atoms with Gasteiger partial charge in [-0.2, -0.15) is 0 Å². The molecular formula is C10H21NO. The number of hydrogen-bond acceptors (Lipinski definition) is 2. The summed E-state index contributed by atoms with van der Waals surface area (Å²) in [5, 5.41) is 3.40. The van der Waals surface area contributed by atoms with Crippen molar-refractivity contribution in [3.8, 4) is 0 Å². The van der Waals surface area contributed by atoms with Crippen LogP contribution in [0.15, 0.2) is 0 Å². The first-order chi connectivity index (χ1) is 5.93. The topological polar surface area (TPSA) is 24.6 Å². The molecular weight excluding hydrogens is 150 g/mol. The van der Waals surface area contributed by atoms with Crippen LogP contribution in [0.1, 0.15) is 39.0 Å². The summed E-state index contributed by atoms with van der Waals surface area (Å²) in [6.45, 7) is 5.46. The number of ether oxygens (including phenoxy) is 1. The lowest BCUT2D eigenvalue weighted by Gasteiger charge is -2.01. The molecule has 1 aliphatic rings. The number of rotatable bonds is 8. The lowest BCUT2D eigenvalue weighted by molar-refractivity contribution is 0.395. The highest BCUT2D eigenvalue weighted by molar-refractivity contribution is 4.71. The molecule has 1 rings (SSSR count). The first-order valence-electron chi connectivity index (χ1n) is 5.26. The Morgan fingerprint density at radius 2 is 2.00 bits per heavy atom. The van der Waals surface area contributed by atoms with Crippen molar-refractivity contribution in [2.75, 3.05) is 19.7 Å². The van der Waals surface area contributed by atoms with E-state index in [4.69, 9.17) is 4.74 Å². The summed E-state index contributed by atoms with van der Waals surface area (Å²) in [6.07, 6.45) is 7.38. The molecule has 1 unspecified atom stereocenters. The van der Waals surface area contributed by atoms with Gasteiger partial charge >= 0.3 is 0 Å². The molecule has 1 N–H and O–H groups in total. The van der Waals surface area contributed by atoms with E-state index in [9.17, 15) is 0 Å². The fraction of sp³-hybridized carbons (Fsp3) is 1.00. The van der Waals surface area contributed by atoms with Crippen LogP contribution in [0.5, 0.6) is 0 Å². The van der Waals surface area contributed by atoms with Crippen LogP contribution in [0, 0.1) is 0 Å². The fourth-order valence-corrected chi connectivity index (χ4v) is 1.30. The Hall–Kier alpha value is -0.0800. The van der Waals surface area contributed by atoms with E-state index in [-0.39, 0.29) is 0 Å². The summed E-state index contributed by atoms with van der Waals surface area (Å²) in [7, 11) is 0. The van der Waals surface area contributed by atoms with Crippen molar-refractivity contribution in [1.29, 1.82) is 0 Å². The number of unbranched alkanes of at least 4 members (excludes halogenated alkanes) is 4. The van der Waals surface area contributed by atoms with Crippen molar-refractivity contribution < 1.29 is 4.74 Å². The van der Waals surface area contributed by atoms with E-state index in [1.807, 2.05) is 0 Å². The molecule has 2 heteroatoms. The second kappa shape index (κ2) is 6.44. The van der Waals surface area contributed by atoms with Gasteiger partial charge in [0.25, 0.3) is 0 Å². The van der Waals surface area contributed by atoms with E-state index >= 15 is 0 Å². The van der Waals surface area contributed by atoms with Crippen LogP contribution in [-0.4, -0.2) is 25.8 Å². The molecule has 0 bridgehead atoms. The Bertz CT molecular complexity index is 102. The van der Waals surface area contributed by atoms with Gasteiger partial charge < -0.3 is 10.1 Å². The SMILES string of the molecule is CCCCCCCNCC1CO1. The zero-order valence-electron chi connectivity index (χ0n) is 8.14. The van der Waals surface area contributed by atoms with Crippen molar-refractivity contribution in [2.24, 2.45) is 0 Å². The van der Waals surface area contributed by atoms with Gasteiger partial charge in [0, 0.05) is 6.54 Å². The van der Waals surface area contributed by atoms with Crippen LogP contribution in [-0.2, 0) is 4.74 Å². The molecule has 0 aromatic heterocycles. The van der Waals surface area contributed by atoms with Gasteiger partial charge in [0.15, 0.2) is 0 Å². The molecule has 0 spiro atoms. The highest BCUT2D eigenvalue weighted by Gasteiger charge is 2.20. The van der Waals surface area contributed by atoms with E-state index in [1.54, 1.807) is 0 Å². The third kappa shape index (κ3) is 5.56. The summed E-state index contributed by atoms with van der Waals surface area (Å²) in [6, 6.07) is 0.